The fourth-order valence-electron chi connectivity index (χ4n) is 2.09. The molecule has 134 valence electrons. The Bertz CT molecular complexity index is 839. The summed E-state index contributed by atoms with van der Waals surface area (Å²) in [5, 5.41) is 14.8. The molecular weight excluding hydrogens is 334 g/mol. The number of hydrogen-bond acceptors (Lipinski definition) is 6. The zero-order valence-corrected chi connectivity index (χ0v) is 14.7. The third kappa shape index (κ3) is 4.68. The number of hydrogen-bond donors (Lipinski definition) is 2. The normalized spacial score (nSPS) is 10.5. The van der Waals surface area contributed by atoms with Gasteiger partial charge in [0.2, 0.25) is 0 Å². The molecule has 0 unspecified atom stereocenters. The van der Waals surface area contributed by atoms with E-state index in [-0.39, 0.29) is 5.57 Å². The lowest BCUT2D eigenvalue weighted by molar-refractivity contribution is -0.112. The molecule has 0 saturated heterocycles. The molecule has 2 aromatic rings. The van der Waals surface area contributed by atoms with Gasteiger partial charge in [-0.05, 0) is 36.4 Å². The molecule has 0 heterocycles. The van der Waals surface area contributed by atoms with E-state index >= 15 is 0 Å². The van der Waals surface area contributed by atoms with Gasteiger partial charge < -0.3 is 24.8 Å². The van der Waals surface area contributed by atoms with Gasteiger partial charge in [-0.2, -0.15) is 5.26 Å². The number of ether oxygens (including phenoxy) is 3. The number of carbonyl (C=O) groups is 1. The highest BCUT2D eigenvalue weighted by Crippen LogP contribution is 2.29. The Morgan fingerprint density at radius 1 is 1.00 bits per heavy atom. The first-order valence-electron chi connectivity index (χ1n) is 7.65. The summed E-state index contributed by atoms with van der Waals surface area (Å²) in [6, 6.07) is 13.9. The van der Waals surface area contributed by atoms with Gasteiger partial charge in [0.1, 0.15) is 28.9 Å². The molecule has 0 aliphatic rings. The third-order valence-electron chi connectivity index (χ3n) is 3.49. The number of carbonyl (C=O) groups excluding carboxylic acids is 1. The lowest BCUT2D eigenvalue weighted by Gasteiger charge is -2.11. The van der Waals surface area contributed by atoms with E-state index in [4.69, 9.17) is 14.2 Å². The second kappa shape index (κ2) is 8.99. The molecule has 0 saturated carbocycles. The molecule has 2 rings (SSSR count). The number of rotatable bonds is 7. The topological polar surface area (TPSA) is 92.6 Å². The molecule has 7 nitrogen and oxygen atoms in total. The molecule has 0 radical (unpaired) electrons. The summed E-state index contributed by atoms with van der Waals surface area (Å²) in [6.07, 6.45) is 1.34. The van der Waals surface area contributed by atoms with Crippen molar-refractivity contribution in [3.05, 3.63) is 54.2 Å². The van der Waals surface area contributed by atoms with Crippen molar-refractivity contribution in [2.24, 2.45) is 0 Å². The Balaban J connectivity index is 2.14. The van der Waals surface area contributed by atoms with E-state index in [0.717, 1.165) is 0 Å². The fraction of sp³-hybridized carbons (Fsp3) is 0.158. The molecule has 2 aromatic carbocycles. The van der Waals surface area contributed by atoms with E-state index in [9.17, 15) is 10.1 Å². The van der Waals surface area contributed by atoms with Crippen LogP contribution in [0.25, 0.3) is 0 Å². The van der Waals surface area contributed by atoms with Crippen LogP contribution in [0.1, 0.15) is 0 Å². The minimum atomic E-state index is -0.569. The monoisotopic (exact) mass is 353 g/mol. The van der Waals surface area contributed by atoms with Crippen molar-refractivity contribution < 1.29 is 19.0 Å². The molecule has 0 atom stereocenters. The standard InChI is InChI=1S/C19H19N3O4/c1-24-15-6-4-14(5-7-15)21-12-13(11-20)19(23)22-17-10-16(25-2)8-9-18(17)26-3/h4-10,12,21H,1-3H3,(H,22,23)/b13-12-. The zero-order valence-electron chi connectivity index (χ0n) is 14.7. The second-order valence-corrected chi connectivity index (χ2v) is 5.06. The molecule has 0 aliphatic heterocycles. The Labute approximate surface area is 151 Å². The van der Waals surface area contributed by atoms with Crippen LogP contribution in [-0.4, -0.2) is 27.2 Å². The summed E-state index contributed by atoms with van der Waals surface area (Å²) in [4.78, 5) is 12.4. The number of anilines is 2. The number of methoxy groups -OCH3 is 3. The van der Waals surface area contributed by atoms with E-state index in [0.29, 0.717) is 28.6 Å². The van der Waals surface area contributed by atoms with E-state index in [1.807, 2.05) is 6.07 Å². The van der Waals surface area contributed by atoms with Crippen LogP contribution in [0, 0.1) is 11.3 Å². The van der Waals surface area contributed by atoms with Gasteiger partial charge in [0.15, 0.2) is 0 Å². The maximum Gasteiger partial charge on any atom is 0.267 e. The molecule has 0 bridgehead atoms. The van der Waals surface area contributed by atoms with Crippen LogP contribution in [0.3, 0.4) is 0 Å². The van der Waals surface area contributed by atoms with Crippen molar-refractivity contribution in [1.29, 1.82) is 5.26 Å². The van der Waals surface area contributed by atoms with E-state index < -0.39 is 5.91 Å². The van der Waals surface area contributed by atoms with Gasteiger partial charge in [-0.15, -0.1) is 0 Å². The Morgan fingerprint density at radius 3 is 2.23 bits per heavy atom. The van der Waals surface area contributed by atoms with Gasteiger partial charge in [-0.3, -0.25) is 4.79 Å². The van der Waals surface area contributed by atoms with Crippen molar-refractivity contribution >= 4 is 17.3 Å². The van der Waals surface area contributed by atoms with Crippen LogP contribution in [-0.2, 0) is 4.79 Å². The van der Waals surface area contributed by atoms with E-state index in [2.05, 4.69) is 10.6 Å². The van der Waals surface area contributed by atoms with Crippen molar-refractivity contribution in [3.8, 4) is 23.3 Å². The molecule has 0 aromatic heterocycles. The molecule has 0 aliphatic carbocycles. The first kappa shape index (κ1) is 18.7. The van der Waals surface area contributed by atoms with E-state index in [1.54, 1.807) is 49.6 Å². The lowest BCUT2D eigenvalue weighted by Crippen LogP contribution is -2.15. The van der Waals surface area contributed by atoms with Gasteiger partial charge in [0, 0.05) is 18.0 Å². The van der Waals surface area contributed by atoms with Crippen molar-refractivity contribution in [1.82, 2.24) is 0 Å². The molecule has 7 heteroatoms. The van der Waals surface area contributed by atoms with Crippen LogP contribution in [0.2, 0.25) is 0 Å². The number of amides is 1. The molecule has 0 spiro atoms. The summed E-state index contributed by atoms with van der Waals surface area (Å²) in [5.74, 6) is 1.16. The quantitative estimate of drug-likeness (QED) is 0.587. The first-order valence-corrected chi connectivity index (χ1v) is 7.65. The van der Waals surface area contributed by atoms with Crippen LogP contribution < -0.4 is 24.8 Å². The number of nitrogens with one attached hydrogen (secondary N) is 2. The lowest BCUT2D eigenvalue weighted by atomic mass is 10.2. The summed E-state index contributed by atoms with van der Waals surface area (Å²) < 4.78 is 15.4. The smallest absolute Gasteiger partial charge is 0.267 e. The average molecular weight is 353 g/mol. The zero-order chi connectivity index (χ0) is 18.9. The SMILES string of the molecule is COc1ccc(N/C=C(/C#N)C(=O)Nc2cc(OC)ccc2OC)cc1. The maximum absolute atomic E-state index is 12.4. The summed E-state index contributed by atoms with van der Waals surface area (Å²) in [5.41, 5.74) is 1.03. The van der Waals surface area contributed by atoms with E-state index in [1.165, 1.54) is 20.4 Å². The van der Waals surface area contributed by atoms with Gasteiger partial charge >= 0.3 is 0 Å². The van der Waals surface area contributed by atoms with Crippen molar-refractivity contribution in [3.63, 3.8) is 0 Å². The molecular formula is C19H19N3O4. The summed E-state index contributed by atoms with van der Waals surface area (Å²) in [6.45, 7) is 0. The fourth-order valence-corrected chi connectivity index (χ4v) is 2.09. The highest BCUT2D eigenvalue weighted by molar-refractivity contribution is 6.07. The molecule has 2 N–H and O–H groups in total. The molecule has 26 heavy (non-hydrogen) atoms. The average Bonchev–Trinajstić information content (AvgIpc) is 2.68. The number of benzene rings is 2. The van der Waals surface area contributed by atoms with Gasteiger partial charge in [-0.1, -0.05) is 0 Å². The first-order chi connectivity index (χ1) is 12.6. The Morgan fingerprint density at radius 2 is 1.65 bits per heavy atom. The number of nitrogens with zero attached hydrogens (tertiary/aromatic N) is 1. The largest absolute Gasteiger partial charge is 0.497 e. The summed E-state index contributed by atoms with van der Waals surface area (Å²) in [7, 11) is 4.59. The van der Waals surface area contributed by atoms with Crippen molar-refractivity contribution in [2.75, 3.05) is 32.0 Å². The van der Waals surface area contributed by atoms with Crippen LogP contribution >= 0.6 is 0 Å². The van der Waals surface area contributed by atoms with Crippen molar-refractivity contribution in [2.45, 2.75) is 0 Å². The van der Waals surface area contributed by atoms with Gasteiger partial charge in [0.05, 0.1) is 27.0 Å². The van der Waals surface area contributed by atoms with Crippen LogP contribution in [0.15, 0.2) is 54.2 Å². The predicted octanol–water partition coefficient (Wildman–Crippen LogP) is 3.17. The Hall–Kier alpha value is -3.66. The second-order valence-electron chi connectivity index (χ2n) is 5.06. The minimum Gasteiger partial charge on any atom is -0.497 e. The third-order valence-corrected chi connectivity index (χ3v) is 3.49. The highest BCUT2D eigenvalue weighted by Gasteiger charge is 2.13. The summed E-state index contributed by atoms with van der Waals surface area (Å²) >= 11 is 0. The van der Waals surface area contributed by atoms with Gasteiger partial charge in [0.25, 0.3) is 5.91 Å². The predicted molar refractivity (Wildman–Crippen MR) is 98.5 cm³/mol. The molecule has 0 fully saturated rings. The van der Waals surface area contributed by atoms with Gasteiger partial charge in [-0.25, -0.2) is 0 Å². The maximum atomic E-state index is 12.4. The number of nitriles is 1. The molecule has 1 amide bonds. The Kier molecular flexibility index (Phi) is 6.46. The van der Waals surface area contributed by atoms with Crippen LogP contribution in [0.5, 0.6) is 17.2 Å². The highest BCUT2D eigenvalue weighted by atomic mass is 16.5. The minimum absolute atomic E-state index is 0.0920. The van der Waals surface area contributed by atoms with Crippen LogP contribution in [0.4, 0.5) is 11.4 Å².